The zero-order valence-electron chi connectivity index (χ0n) is 11.5. The van der Waals surface area contributed by atoms with Crippen LogP contribution in [-0.2, 0) is 17.3 Å². The lowest BCUT2D eigenvalue weighted by Crippen LogP contribution is -2.30. The Kier molecular flexibility index (Phi) is 5.98. The fraction of sp³-hybridized carbons (Fsp3) is 0.462. The molecule has 19 heavy (non-hydrogen) atoms. The van der Waals surface area contributed by atoms with Crippen molar-refractivity contribution in [3.63, 3.8) is 0 Å². The molecule has 0 amide bonds. The van der Waals surface area contributed by atoms with Gasteiger partial charge in [0.1, 0.15) is 0 Å². The van der Waals surface area contributed by atoms with Gasteiger partial charge in [0.2, 0.25) is 0 Å². The smallest absolute Gasteiger partial charge is 0.170 e. The molecule has 5 nitrogen and oxygen atoms in total. The Morgan fingerprint density at radius 2 is 2.26 bits per heavy atom. The van der Waals surface area contributed by atoms with E-state index < -0.39 is 10.8 Å². The molecular formula is C13H21N3O2S. The normalized spacial score (nSPS) is 15.2. The van der Waals surface area contributed by atoms with Gasteiger partial charge in [-0.25, -0.2) is 0 Å². The molecule has 2 atom stereocenters. The van der Waals surface area contributed by atoms with E-state index in [4.69, 9.17) is 10.9 Å². The largest absolute Gasteiger partial charge is 0.409 e. The predicted molar refractivity (Wildman–Crippen MR) is 78.9 cm³/mol. The maximum Gasteiger partial charge on any atom is 0.170 e. The summed E-state index contributed by atoms with van der Waals surface area (Å²) in [5.41, 5.74) is 8.45. The lowest BCUT2D eigenvalue weighted by atomic mass is 10.0. The van der Waals surface area contributed by atoms with Crippen LogP contribution in [0.5, 0.6) is 0 Å². The van der Waals surface area contributed by atoms with Crippen LogP contribution < -0.4 is 11.1 Å². The fourth-order valence-corrected chi connectivity index (χ4v) is 2.63. The van der Waals surface area contributed by atoms with E-state index in [1.807, 2.05) is 32.0 Å². The zero-order valence-corrected chi connectivity index (χ0v) is 12.3. The van der Waals surface area contributed by atoms with Crippen molar-refractivity contribution in [2.75, 3.05) is 12.0 Å². The third-order valence-electron chi connectivity index (χ3n) is 2.87. The van der Waals surface area contributed by atoms with Gasteiger partial charge in [0.05, 0.1) is 0 Å². The van der Waals surface area contributed by atoms with Gasteiger partial charge in [-0.15, -0.1) is 0 Å². The predicted octanol–water partition coefficient (Wildman–Crippen LogP) is 0.946. The summed E-state index contributed by atoms with van der Waals surface area (Å²) < 4.78 is 11.1. The highest BCUT2D eigenvalue weighted by Crippen LogP contribution is 2.11. The maximum atomic E-state index is 11.1. The van der Waals surface area contributed by atoms with Crippen molar-refractivity contribution in [1.82, 2.24) is 5.32 Å². The third-order valence-corrected chi connectivity index (χ3v) is 3.84. The quantitative estimate of drug-likeness (QED) is 0.314. The lowest BCUT2D eigenvalue weighted by Gasteiger charge is -2.14. The van der Waals surface area contributed by atoms with Crippen LogP contribution in [0.1, 0.15) is 23.6 Å². The number of aryl methyl sites for hydroxylation is 1. The van der Waals surface area contributed by atoms with Crippen molar-refractivity contribution in [2.24, 2.45) is 10.9 Å². The van der Waals surface area contributed by atoms with Crippen LogP contribution in [0.3, 0.4) is 0 Å². The number of nitrogens with two attached hydrogens (primary N) is 1. The summed E-state index contributed by atoms with van der Waals surface area (Å²) in [5.74, 6) is 0.749. The molecule has 2 unspecified atom stereocenters. The van der Waals surface area contributed by atoms with Crippen molar-refractivity contribution in [2.45, 2.75) is 26.4 Å². The van der Waals surface area contributed by atoms with Gasteiger partial charge in [-0.1, -0.05) is 17.3 Å². The lowest BCUT2D eigenvalue weighted by molar-refractivity contribution is 0.318. The first-order valence-electron chi connectivity index (χ1n) is 6.05. The molecule has 0 spiro atoms. The van der Waals surface area contributed by atoms with E-state index in [0.29, 0.717) is 17.9 Å². The Labute approximate surface area is 116 Å². The Morgan fingerprint density at radius 1 is 1.58 bits per heavy atom. The van der Waals surface area contributed by atoms with E-state index in [-0.39, 0.29) is 11.9 Å². The molecule has 1 rings (SSSR count). The van der Waals surface area contributed by atoms with Crippen LogP contribution in [0.2, 0.25) is 0 Å². The monoisotopic (exact) mass is 283 g/mol. The molecule has 1 aromatic rings. The Hall–Kier alpha value is -1.40. The standard InChI is InChI=1S/C13H21N3O2S/c1-9-6-11(13(14)16-17)4-5-12(9)7-15-10(2)8-19(3)18/h4-6,10,15,17H,7-8H2,1-3H3,(H2,14,16). The fourth-order valence-electron chi connectivity index (χ4n) is 1.81. The highest BCUT2D eigenvalue weighted by Gasteiger charge is 2.07. The first-order chi connectivity index (χ1) is 8.93. The molecule has 0 aliphatic carbocycles. The van der Waals surface area contributed by atoms with Gasteiger partial charge in [-0.3, -0.25) is 4.21 Å². The highest BCUT2D eigenvalue weighted by molar-refractivity contribution is 7.84. The second-order valence-electron chi connectivity index (χ2n) is 4.65. The van der Waals surface area contributed by atoms with Crippen molar-refractivity contribution >= 4 is 16.6 Å². The van der Waals surface area contributed by atoms with E-state index in [2.05, 4.69) is 10.5 Å². The highest BCUT2D eigenvalue weighted by atomic mass is 32.2. The number of rotatable bonds is 6. The minimum Gasteiger partial charge on any atom is -0.409 e. The van der Waals surface area contributed by atoms with E-state index in [1.165, 1.54) is 0 Å². The average Bonchev–Trinajstić information content (AvgIpc) is 2.35. The topological polar surface area (TPSA) is 87.7 Å². The van der Waals surface area contributed by atoms with Crippen LogP contribution in [0.15, 0.2) is 23.4 Å². The zero-order chi connectivity index (χ0) is 14.4. The third kappa shape index (κ3) is 5.00. The van der Waals surface area contributed by atoms with Crippen molar-refractivity contribution in [3.8, 4) is 0 Å². The second kappa shape index (κ2) is 7.25. The summed E-state index contributed by atoms with van der Waals surface area (Å²) >= 11 is 0. The molecule has 0 radical (unpaired) electrons. The van der Waals surface area contributed by atoms with Crippen molar-refractivity contribution in [1.29, 1.82) is 0 Å². The maximum absolute atomic E-state index is 11.1. The summed E-state index contributed by atoms with van der Waals surface area (Å²) in [5, 5.41) is 14.9. The molecule has 6 heteroatoms. The number of nitrogens with one attached hydrogen (secondary N) is 1. The molecule has 0 saturated heterocycles. The molecule has 0 fully saturated rings. The van der Waals surface area contributed by atoms with E-state index >= 15 is 0 Å². The minimum atomic E-state index is -0.793. The van der Waals surface area contributed by atoms with Crippen LogP contribution >= 0.6 is 0 Å². The number of amidine groups is 1. The summed E-state index contributed by atoms with van der Waals surface area (Å²) in [7, 11) is -0.793. The molecule has 0 bridgehead atoms. The van der Waals surface area contributed by atoms with Gasteiger partial charge >= 0.3 is 0 Å². The molecule has 1 aromatic carbocycles. The minimum absolute atomic E-state index is 0.109. The van der Waals surface area contributed by atoms with E-state index in [9.17, 15) is 4.21 Å². The number of nitrogens with zero attached hydrogens (tertiary/aromatic N) is 1. The molecule has 106 valence electrons. The molecule has 0 aliphatic rings. The van der Waals surface area contributed by atoms with Gasteiger partial charge in [0.15, 0.2) is 5.84 Å². The van der Waals surface area contributed by atoms with Gasteiger partial charge < -0.3 is 16.3 Å². The van der Waals surface area contributed by atoms with Crippen LogP contribution in [-0.4, -0.2) is 33.3 Å². The number of oxime groups is 1. The molecule has 4 N–H and O–H groups in total. The first kappa shape index (κ1) is 15.7. The summed E-state index contributed by atoms with van der Waals surface area (Å²) in [4.78, 5) is 0. The van der Waals surface area contributed by atoms with E-state index in [1.54, 1.807) is 6.26 Å². The van der Waals surface area contributed by atoms with Crippen LogP contribution in [0.25, 0.3) is 0 Å². The van der Waals surface area contributed by atoms with E-state index in [0.717, 1.165) is 11.1 Å². The Bertz CT molecular complexity index is 489. The van der Waals surface area contributed by atoms with Crippen LogP contribution in [0.4, 0.5) is 0 Å². The van der Waals surface area contributed by atoms with Crippen molar-refractivity contribution in [3.05, 3.63) is 34.9 Å². The second-order valence-corrected chi connectivity index (χ2v) is 6.13. The molecular weight excluding hydrogens is 262 g/mol. The van der Waals surface area contributed by atoms with Gasteiger partial charge in [0, 0.05) is 41.0 Å². The number of benzene rings is 1. The van der Waals surface area contributed by atoms with Gasteiger partial charge in [-0.05, 0) is 31.0 Å². The summed E-state index contributed by atoms with van der Waals surface area (Å²) in [6.45, 7) is 4.70. The Morgan fingerprint density at radius 3 is 2.79 bits per heavy atom. The summed E-state index contributed by atoms with van der Waals surface area (Å²) in [6.07, 6.45) is 1.70. The molecule has 0 aliphatic heterocycles. The summed E-state index contributed by atoms with van der Waals surface area (Å²) in [6, 6.07) is 5.86. The average molecular weight is 283 g/mol. The van der Waals surface area contributed by atoms with Gasteiger partial charge in [-0.2, -0.15) is 0 Å². The number of hydrogen-bond acceptors (Lipinski definition) is 4. The molecule has 0 aromatic heterocycles. The molecule has 0 heterocycles. The first-order valence-corrected chi connectivity index (χ1v) is 7.77. The van der Waals surface area contributed by atoms with Crippen LogP contribution in [0, 0.1) is 6.92 Å². The molecule has 0 saturated carbocycles. The Balaban J connectivity index is 2.68. The number of hydrogen-bond donors (Lipinski definition) is 3. The van der Waals surface area contributed by atoms with Crippen molar-refractivity contribution < 1.29 is 9.42 Å². The van der Waals surface area contributed by atoms with Gasteiger partial charge in [0.25, 0.3) is 0 Å². The SMILES string of the molecule is Cc1cc(/C(N)=N/O)ccc1CNC(C)CS(C)=O.